The van der Waals surface area contributed by atoms with Gasteiger partial charge in [0.1, 0.15) is 30.5 Å². The first-order valence-corrected chi connectivity index (χ1v) is 22.2. The van der Waals surface area contributed by atoms with Crippen molar-refractivity contribution in [2.24, 2.45) is 29.1 Å². The molecular weight excluding hydrogens is 836 g/mol. The quantitative estimate of drug-likeness (QED) is 0.106. The monoisotopic (exact) mass is 913 g/mol. The molecule has 17 heteroatoms. The second kappa shape index (κ2) is 26.4. The zero-order valence-electron chi connectivity index (χ0n) is 41.1. The van der Waals surface area contributed by atoms with Crippen molar-refractivity contribution >= 4 is 47.8 Å². The molecule has 3 rings (SSSR count). The summed E-state index contributed by atoms with van der Waals surface area (Å²) < 4.78 is 48.6. The molecule has 0 radical (unpaired) electrons. The van der Waals surface area contributed by atoms with E-state index in [1.165, 1.54) is 55.4 Å². The first-order chi connectivity index (χ1) is 29.5. The van der Waals surface area contributed by atoms with Gasteiger partial charge < -0.3 is 42.6 Å². The summed E-state index contributed by atoms with van der Waals surface area (Å²) in [4.78, 5) is 90.7. The number of rotatable bonds is 13. The van der Waals surface area contributed by atoms with E-state index < -0.39 is 84.6 Å². The second-order valence-electron chi connectivity index (χ2n) is 18.1. The molecule has 0 aliphatic heterocycles. The van der Waals surface area contributed by atoms with Gasteiger partial charge in [-0.05, 0) is 62.9 Å². The molecule has 0 aromatic heterocycles. The molecule has 0 heterocycles. The molecule has 0 saturated heterocycles. The molecule has 0 N–H and O–H groups in total. The lowest BCUT2D eigenvalue weighted by Crippen LogP contribution is -2.54. The Bertz CT molecular complexity index is 1610. The first-order valence-electron chi connectivity index (χ1n) is 22.2. The fraction of sp³-hybridized carbons (Fsp3) is 0.787. The third kappa shape index (κ3) is 19.3. The highest BCUT2D eigenvalue weighted by Gasteiger charge is 2.50. The second-order valence-corrected chi connectivity index (χ2v) is 18.1. The first kappa shape index (κ1) is 57.5. The van der Waals surface area contributed by atoms with E-state index in [9.17, 15) is 38.4 Å². The molecule has 0 bridgehead atoms. The maximum Gasteiger partial charge on any atom is 0.303 e. The van der Waals surface area contributed by atoms with Crippen molar-refractivity contribution < 1.29 is 81.0 Å². The number of ether oxygens (including phenoxy) is 9. The Balaban J connectivity index is 0.000000480. The lowest BCUT2D eigenvalue weighted by molar-refractivity contribution is -0.201. The van der Waals surface area contributed by atoms with Crippen LogP contribution in [0.25, 0.3) is 0 Å². The van der Waals surface area contributed by atoms with Crippen LogP contribution < -0.4 is 0 Å². The van der Waals surface area contributed by atoms with Crippen molar-refractivity contribution in [2.75, 3.05) is 0 Å². The van der Waals surface area contributed by atoms with Crippen LogP contribution in [0.5, 0.6) is 0 Å². The predicted molar refractivity (Wildman–Crippen MR) is 232 cm³/mol. The fourth-order valence-electron chi connectivity index (χ4n) is 8.32. The van der Waals surface area contributed by atoms with Crippen LogP contribution in [0.1, 0.15) is 150 Å². The van der Waals surface area contributed by atoms with Crippen LogP contribution in [-0.2, 0) is 81.0 Å². The third-order valence-corrected chi connectivity index (χ3v) is 11.6. The average molecular weight is 913 g/mol. The fourth-order valence-corrected chi connectivity index (χ4v) is 8.32. The minimum atomic E-state index is -0.821. The van der Waals surface area contributed by atoms with E-state index in [1.54, 1.807) is 6.08 Å². The van der Waals surface area contributed by atoms with Gasteiger partial charge in [0.15, 0.2) is 18.3 Å². The Labute approximate surface area is 379 Å². The number of carbonyl (C=O) groups is 8. The topological polar surface area (TPSA) is 220 Å². The highest BCUT2D eigenvalue weighted by Crippen LogP contribution is 2.45. The Morgan fingerprint density at radius 3 is 1.31 bits per heavy atom. The smallest absolute Gasteiger partial charge is 0.303 e. The summed E-state index contributed by atoms with van der Waals surface area (Å²) in [5.41, 5.74) is 0.813. The molecule has 17 nitrogen and oxygen atoms in total. The predicted octanol–water partition coefficient (Wildman–Crippen LogP) is 6.71. The number of carbonyl (C=O) groups excluding carboxylic acids is 8. The highest BCUT2D eigenvalue weighted by molar-refractivity contribution is 5.70. The normalized spacial score (nSPS) is 29.8. The molecule has 3 aliphatic rings. The minimum absolute atomic E-state index is 0.00566. The summed E-state index contributed by atoms with van der Waals surface area (Å²) in [5.74, 6) is -2.93. The van der Waals surface area contributed by atoms with Gasteiger partial charge in [-0.2, -0.15) is 0 Å². The van der Waals surface area contributed by atoms with Gasteiger partial charge in [0.2, 0.25) is 0 Å². The summed E-state index contributed by atoms with van der Waals surface area (Å²) >= 11 is 0. The van der Waals surface area contributed by atoms with E-state index >= 15 is 0 Å². The van der Waals surface area contributed by atoms with Crippen LogP contribution in [0, 0.1) is 29.1 Å². The van der Waals surface area contributed by atoms with Crippen LogP contribution in [0.15, 0.2) is 11.6 Å². The van der Waals surface area contributed by atoms with Gasteiger partial charge in [-0.3, -0.25) is 38.4 Å². The van der Waals surface area contributed by atoms with Crippen LogP contribution in [0.3, 0.4) is 0 Å². The summed E-state index contributed by atoms with van der Waals surface area (Å²) in [6.45, 7) is 28.7. The lowest BCUT2D eigenvalue weighted by atomic mass is 9.65. The Kier molecular flexibility index (Phi) is 23.7. The van der Waals surface area contributed by atoms with Crippen molar-refractivity contribution in [3.05, 3.63) is 11.6 Å². The van der Waals surface area contributed by atoms with E-state index in [4.69, 9.17) is 42.6 Å². The van der Waals surface area contributed by atoms with Crippen molar-refractivity contribution in [1.82, 2.24) is 0 Å². The van der Waals surface area contributed by atoms with Crippen LogP contribution >= 0.6 is 0 Å². The minimum Gasteiger partial charge on any atom is -0.458 e. The summed E-state index contributed by atoms with van der Waals surface area (Å²) in [5, 5.41) is 0. The van der Waals surface area contributed by atoms with Crippen LogP contribution in [0.2, 0.25) is 0 Å². The van der Waals surface area contributed by atoms with Gasteiger partial charge in [-0.1, -0.05) is 54.0 Å². The van der Waals surface area contributed by atoms with Crippen molar-refractivity contribution in [1.29, 1.82) is 0 Å². The van der Waals surface area contributed by atoms with Crippen molar-refractivity contribution in [3.63, 3.8) is 0 Å². The lowest BCUT2D eigenvalue weighted by Gasteiger charge is -2.47. The number of esters is 8. The number of hydrogen-bond donors (Lipinski definition) is 0. The van der Waals surface area contributed by atoms with Gasteiger partial charge in [-0.25, -0.2) is 0 Å². The van der Waals surface area contributed by atoms with Gasteiger partial charge in [0.25, 0.3) is 0 Å². The molecular formula is C47H76O17. The zero-order chi connectivity index (χ0) is 49.4. The maximum absolute atomic E-state index is 11.4. The summed E-state index contributed by atoms with van der Waals surface area (Å²) in [6, 6.07) is 0. The van der Waals surface area contributed by atoms with E-state index in [0.717, 1.165) is 18.4 Å². The summed E-state index contributed by atoms with van der Waals surface area (Å²) in [7, 11) is 0. The van der Waals surface area contributed by atoms with Crippen molar-refractivity contribution in [3.8, 4) is 0 Å². The van der Waals surface area contributed by atoms with E-state index in [2.05, 4.69) is 27.7 Å². The third-order valence-electron chi connectivity index (χ3n) is 11.6. The standard InChI is InChI=1S/C16H26O6.C16H28O5.C15H22O6/c1-9(2)16(6)7-13(20-10(3)17)15(22-12(5)19)14(8-16)21-11(4)18;1-7-13-8-14(19-9(2)3)10(4)15(20-11(5)17)16(13)21-12(6)18;1-8(2)12-6-13(19-9(3)16)15(21-11(5)18)14(7-12)20-10(4)17/h9,13-15H,7-8H2,1-6H3;9-10,13-16H,7-8H2,1-6H3;6,8,13-15H,7H2,1-5H3/t13-,14-,15?,16?;10-,13+,14+,15-,16-;13-,14-,15-/m101/s1. The molecule has 10 atom stereocenters. The average Bonchev–Trinajstić information content (AvgIpc) is 3.12. The molecule has 2 saturated carbocycles. The van der Waals surface area contributed by atoms with E-state index in [0.29, 0.717) is 25.2 Å². The Morgan fingerprint density at radius 1 is 0.547 bits per heavy atom. The Hall–Kier alpha value is -4.54. The van der Waals surface area contributed by atoms with Crippen molar-refractivity contribution in [2.45, 2.75) is 211 Å². The number of hydrogen-bond acceptors (Lipinski definition) is 17. The molecule has 0 unspecified atom stereocenters. The van der Waals surface area contributed by atoms with Crippen LogP contribution in [0.4, 0.5) is 0 Å². The van der Waals surface area contributed by atoms with E-state index in [-0.39, 0.29) is 47.3 Å². The molecule has 3 aliphatic carbocycles. The van der Waals surface area contributed by atoms with Gasteiger partial charge in [0.05, 0.1) is 12.2 Å². The van der Waals surface area contributed by atoms with Crippen LogP contribution in [-0.4, -0.2) is 109 Å². The van der Waals surface area contributed by atoms with Gasteiger partial charge in [0, 0.05) is 73.6 Å². The molecule has 0 spiro atoms. The molecule has 64 heavy (non-hydrogen) atoms. The SMILES string of the molecule is CC(=O)OC1[C@H](OC(C)=O)CC(C)(C(C)C)C[C@H]1OC(C)=O.CC(=O)O[C@@H]1[C@H](OC(C)=O)C=C(C(C)C)C[C@H]1OC(C)=O.CC[C@@H]1C[C@@H](OC(C)C)[C@H](C)[C@H](OC(C)=O)[C@H]1OC(C)=O. The molecule has 366 valence electrons. The molecule has 0 aromatic carbocycles. The maximum atomic E-state index is 11.4. The molecule has 0 amide bonds. The zero-order valence-corrected chi connectivity index (χ0v) is 41.1. The Morgan fingerprint density at radius 2 is 0.938 bits per heavy atom. The van der Waals surface area contributed by atoms with Gasteiger partial charge in [-0.15, -0.1) is 0 Å². The largest absolute Gasteiger partial charge is 0.458 e. The van der Waals surface area contributed by atoms with Gasteiger partial charge >= 0.3 is 47.8 Å². The van der Waals surface area contributed by atoms with E-state index in [1.807, 2.05) is 34.6 Å². The highest BCUT2D eigenvalue weighted by atomic mass is 16.6. The summed E-state index contributed by atoms with van der Waals surface area (Å²) in [6.07, 6.45) is 0.0451. The molecule has 2 fully saturated rings. The molecule has 0 aromatic rings.